The normalized spacial score (nSPS) is 17.5. The third-order valence-corrected chi connectivity index (χ3v) is 6.73. The lowest BCUT2D eigenvalue weighted by Crippen LogP contribution is -2.29. The van der Waals surface area contributed by atoms with Crippen LogP contribution in [0.5, 0.6) is 0 Å². The number of benzene rings is 2. The topological polar surface area (TPSA) is 20.3 Å². The molecular formula is C22H25NOS. The van der Waals surface area contributed by atoms with Crippen molar-refractivity contribution in [1.29, 1.82) is 0 Å². The van der Waals surface area contributed by atoms with E-state index >= 15 is 0 Å². The number of anilines is 2. The van der Waals surface area contributed by atoms with Gasteiger partial charge in [-0.2, -0.15) is 0 Å². The van der Waals surface area contributed by atoms with Gasteiger partial charge in [0.2, 0.25) is 5.91 Å². The van der Waals surface area contributed by atoms with Gasteiger partial charge in [0.25, 0.3) is 0 Å². The van der Waals surface area contributed by atoms with E-state index in [9.17, 15) is 4.79 Å². The number of rotatable bonds is 3. The fourth-order valence-electron chi connectivity index (χ4n) is 4.03. The van der Waals surface area contributed by atoms with Crippen LogP contribution in [-0.2, 0) is 17.6 Å². The maximum absolute atomic E-state index is 13.2. The summed E-state index contributed by atoms with van der Waals surface area (Å²) in [7, 11) is 0. The smallest absolute Gasteiger partial charge is 0.241 e. The molecule has 1 amide bonds. The van der Waals surface area contributed by atoms with E-state index < -0.39 is 0 Å². The van der Waals surface area contributed by atoms with E-state index in [1.165, 1.54) is 43.2 Å². The highest BCUT2D eigenvalue weighted by Crippen LogP contribution is 2.37. The molecule has 0 radical (unpaired) electrons. The maximum atomic E-state index is 13.2. The van der Waals surface area contributed by atoms with Crippen LogP contribution >= 0.6 is 11.8 Å². The minimum atomic E-state index is 0.220. The first kappa shape index (κ1) is 16.7. The standard InChI is InChI=1S/C22H25NOS/c24-22(16-25-19-10-2-1-3-11-19)23-20-12-6-4-8-17(20)14-15-18-9-5-7-13-21(18)23/h4-9,12-13,19H,1-3,10-11,14-16H2. The van der Waals surface area contributed by atoms with Gasteiger partial charge in [-0.1, -0.05) is 55.7 Å². The molecule has 25 heavy (non-hydrogen) atoms. The van der Waals surface area contributed by atoms with Gasteiger partial charge in [-0.25, -0.2) is 0 Å². The molecule has 4 rings (SSSR count). The third kappa shape index (κ3) is 3.62. The Morgan fingerprint density at radius 1 is 0.880 bits per heavy atom. The number of carbonyl (C=O) groups excluding carboxylic acids is 1. The molecule has 1 aliphatic carbocycles. The molecule has 0 unspecified atom stereocenters. The molecule has 0 bridgehead atoms. The van der Waals surface area contributed by atoms with Gasteiger partial charge in [0, 0.05) is 5.25 Å². The number of fused-ring (bicyclic) bond motifs is 2. The molecule has 1 aliphatic heterocycles. The molecule has 1 saturated carbocycles. The predicted octanol–water partition coefficient (Wildman–Crippen LogP) is 5.52. The van der Waals surface area contributed by atoms with Gasteiger partial charge in [0.1, 0.15) is 0 Å². The van der Waals surface area contributed by atoms with Crippen LogP contribution in [0.25, 0.3) is 0 Å². The molecule has 0 spiro atoms. The van der Waals surface area contributed by atoms with Crippen molar-refractivity contribution in [3.8, 4) is 0 Å². The van der Waals surface area contributed by atoms with Crippen LogP contribution < -0.4 is 4.90 Å². The molecule has 1 fully saturated rings. The molecule has 3 heteroatoms. The number of thioether (sulfide) groups is 1. The van der Waals surface area contributed by atoms with E-state index in [0.717, 1.165) is 24.2 Å². The van der Waals surface area contributed by atoms with Crippen molar-refractivity contribution in [3.63, 3.8) is 0 Å². The molecule has 2 nitrogen and oxygen atoms in total. The van der Waals surface area contributed by atoms with Crippen LogP contribution in [-0.4, -0.2) is 16.9 Å². The molecule has 2 aromatic rings. The molecule has 0 atom stereocenters. The lowest BCUT2D eigenvalue weighted by Gasteiger charge is -2.26. The van der Waals surface area contributed by atoms with Gasteiger partial charge in [-0.05, 0) is 48.9 Å². The van der Waals surface area contributed by atoms with Crippen molar-refractivity contribution in [2.24, 2.45) is 0 Å². The summed E-state index contributed by atoms with van der Waals surface area (Å²) < 4.78 is 0. The van der Waals surface area contributed by atoms with Crippen molar-refractivity contribution in [3.05, 3.63) is 59.7 Å². The molecule has 0 saturated heterocycles. The second-order valence-electron chi connectivity index (χ2n) is 7.06. The zero-order valence-corrected chi connectivity index (χ0v) is 15.4. The molecular weight excluding hydrogens is 326 g/mol. The molecule has 130 valence electrons. The minimum Gasteiger partial charge on any atom is -0.280 e. The Kier molecular flexibility index (Phi) is 5.12. The molecule has 1 heterocycles. The third-order valence-electron chi connectivity index (χ3n) is 5.37. The Morgan fingerprint density at radius 3 is 2.04 bits per heavy atom. The zero-order chi connectivity index (χ0) is 17.1. The van der Waals surface area contributed by atoms with Gasteiger partial charge < -0.3 is 0 Å². The highest BCUT2D eigenvalue weighted by molar-refractivity contribution is 8.00. The summed E-state index contributed by atoms with van der Waals surface area (Å²) in [5.41, 5.74) is 4.69. The van der Waals surface area contributed by atoms with Crippen LogP contribution in [0.3, 0.4) is 0 Å². The van der Waals surface area contributed by atoms with Crippen LogP contribution in [0.15, 0.2) is 48.5 Å². The average molecular weight is 352 g/mol. The SMILES string of the molecule is O=C(CSC1CCCCC1)N1c2ccccc2CCc2ccccc21. The highest BCUT2D eigenvalue weighted by atomic mass is 32.2. The first-order valence-electron chi connectivity index (χ1n) is 9.43. The number of nitrogens with zero attached hydrogens (tertiary/aromatic N) is 1. The van der Waals surface area contributed by atoms with E-state index in [4.69, 9.17) is 0 Å². The average Bonchev–Trinajstić information content (AvgIpc) is 2.84. The van der Waals surface area contributed by atoms with Crippen LogP contribution in [0.4, 0.5) is 11.4 Å². The monoisotopic (exact) mass is 351 g/mol. The van der Waals surface area contributed by atoms with E-state index in [2.05, 4.69) is 36.4 Å². The van der Waals surface area contributed by atoms with Crippen LogP contribution in [0, 0.1) is 0 Å². The van der Waals surface area contributed by atoms with Crippen molar-refractivity contribution in [1.82, 2.24) is 0 Å². The molecule has 0 aromatic heterocycles. The number of hydrogen-bond acceptors (Lipinski definition) is 2. The summed E-state index contributed by atoms with van der Waals surface area (Å²) in [6, 6.07) is 16.8. The summed E-state index contributed by atoms with van der Waals surface area (Å²) in [5, 5.41) is 0.662. The zero-order valence-electron chi connectivity index (χ0n) is 14.6. The lowest BCUT2D eigenvalue weighted by molar-refractivity contribution is -0.115. The fraction of sp³-hybridized carbons (Fsp3) is 0.409. The van der Waals surface area contributed by atoms with E-state index in [1.54, 1.807) is 0 Å². The number of amides is 1. The van der Waals surface area contributed by atoms with Gasteiger partial charge in [0.15, 0.2) is 0 Å². The van der Waals surface area contributed by atoms with Crippen LogP contribution in [0.2, 0.25) is 0 Å². The first-order valence-corrected chi connectivity index (χ1v) is 10.5. The van der Waals surface area contributed by atoms with Gasteiger partial charge in [-0.3, -0.25) is 9.69 Å². The first-order chi connectivity index (χ1) is 12.3. The Morgan fingerprint density at radius 2 is 1.44 bits per heavy atom. The lowest BCUT2D eigenvalue weighted by atomic mass is 10.0. The quantitative estimate of drug-likeness (QED) is 0.726. The Bertz CT molecular complexity index is 704. The minimum absolute atomic E-state index is 0.220. The summed E-state index contributed by atoms with van der Waals surface area (Å²) >= 11 is 1.86. The Labute approximate surface area is 154 Å². The molecule has 2 aliphatic rings. The summed E-state index contributed by atoms with van der Waals surface area (Å²) in [4.78, 5) is 15.2. The predicted molar refractivity (Wildman–Crippen MR) is 107 cm³/mol. The van der Waals surface area contributed by atoms with Crippen molar-refractivity contribution in [2.45, 2.75) is 50.2 Å². The highest BCUT2D eigenvalue weighted by Gasteiger charge is 2.26. The van der Waals surface area contributed by atoms with Crippen molar-refractivity contribution < 1.29 is 4.79 Å². The van der Waals surface area contributed by atoms with E-state index in [1.807, 2.05) is 28.8 Å². The van der Waals surface area contributed by atoms with Crippen LogP contribution in [0.1, 0.15) is 43.2 Å². The maximum Gasteiger partial charge on any atom is 0.241 e. The second kappa shape index (κ2) is 7.65. The number of carbonyl (C=O) groups is 1. The molecule has 0 N–H and O–H groups in total. The number of hydrogen-bond donors (Lipinski definition) is 0. The van der Waals surface area contributed by atoms with Gasteiger partial charge in [0.05, 0.1) is 17.1 Å². The number of para-hydroxylation sites is 2. The summed E-state index contributed by atoms with van der Waals surface area (Å²) in [5.74, 6) is 0.797. The second-order valence-corrected chi connectivity index (χ2v) is 8.35. The summed E-state index contributed by atoms with van der Waals surface area (Å²) in [6.07, 6.45) is 8.52. The largest absolute Gasteiger partial charge is 0.280 e. The van der Waals surface area contributed by atoms with Crippen molar-refractivity contribution >= 4 is 29.0 Å². The van der Waals surface area contributed by atoms with Crippen molar-refractivity contribution in [2.75, 3.05) is 10.7 Å². The van der Waals surface area contributed by atoms with E-state index in [0.29, 0.717) is 11.0 Å². The van der Waals surface area contributed by atoms with E-state index in [-0.39, 0.29) is 5.91 Å². The Balaban J connectivity index is 1.61. The Hall–Kier alpha value is -1.74. The van der Waals surface area contributed by atoms with Gasteiger partial charge in [-0.15, -0.1) is 11.8 Å². The summed E-state index contributed by atoms with van der Waals surface area (Å²) in [6.45, 7) is 0. The van der Waals surface area contributed by atoms with Gasteiger partial charge >= 0.3 is 0 Å². The fourth-order valence-corrected chi connectivity index (χ4v) is 5.21. The molecule has 2 aromatic carbocycles. The number of aryl methyl sites for hydroxylation is 2.